The van der Waals surface area contributed by atoms with Gasteiger partial charge in [0.15, 0.2) is 11.5 Å². The van der Waals surface area contributed by atoms with E-state index in [1.807, 2.05) is 6.07 Å². The van der Waals surface area contributed by atoms with Crippen molar-refractivity contribution in [2.24, 2.45) is 0 Å². The van der Waals surface area contributed by atoms with E-state index in [2.05, 4.69) is 10.6 Å². The summed E-state index contributed by atoms with van der Waals surface area (Å²) in [6.07, 6.45) is -0.798. The maximum Gasteiger partial charge on any atom is 0.264 e. The number of benzene rings is 2. The van der Waals surface area contributed by atoms with E-state index in [0.717, 1.165) is 0 Å². The van der Waals surface area contributed by atoms with Crippen molar-refractivity contribution in [1.29, 1.82) is 0 Å². The molecule has 142 valence electrons. The number of halogens is 2. The van der Waals surface area contributed by atoms with Crippen molar-refractivity contribution in [3.8, 4) is 11.5 Å². The maximum atomic E-state index is 14.2. The molecule has 0 saturated heterocycles. The van der Waals surface area contributed by atoms with Crippen LogP contribution >= 0.6 is 11.6 Å². The highest BCUT2D eigenvalue weighted by Crippen LogP contribution is 2.30. The van der Waals surface area contributed by atoms with Crippen LogP contribution in [0.1, 0.15) is 11.1 Å². The number of carbonyl (C=O) groups is 2. The number of hydrogen-bond donors (Lipinski definition) is 2. The second-order valence-corrected chi connectivity index (χ2v) is 6.19. The Morgan fingerprint density at radius 3 is 2.63 bits per heavy atom. The largest absolute Gasteiger partial charge is 0.485 e. The first kappa shape index (κ1) is 19.0. The molecule has 2 aromatic carbocycles. The molecule has 1 aliphatic heterocycles. The molecular formula is C19H18ClFN2O4. The highest BCUT2D eigenvalue weighted by atomic mass is 35.5. The van der Waals surface area contributed by atoms with Crippen molar-refractivity contribution in [2.45, 2.75) is 19.2 Å². The predicted octanol–water partition coefficient (Wildman–Crippen LogP) is 2.14. The quantitative estimate of drug-likeness (QED) is 0.738. The van der Waals surface area contributed by atoms with E-state index < -0.39 is 11.9 Å². The lowest BCUT2D eigenvalue weighted by molar-refractivity contribution is -0.130. The van der Waals surface area contributed by atoms with Crippen LogP contribution in [0.2, 0.25) is 0 Å². The van der Waals surface area contributed by atoms with Gasteiger partial charge in [-0.15, -0.1) is 11.6 Å². The van der Waals surface area contributed by atoms with Crippen LogP contribution in [-0.2, 0) is 22.7 Å². The molecule has 0 aliphatic carbocycles. The van der Waals surface area contributed by atoms with Crippen molar-refractivity contribution >= 4 is 23.4 Å². The number of amides is 2. The van der Waals surface area contributed by atoms with Crippen molar-refractivity contribution in [3.63, 3.8) is 0 Å². The summed E-state index contributed by atoms with van der Waals surface area (Å²) in [5, 5.41) is 5.21. The molecule has 1 heterocycles. The number of carbonyl (C=O) groups excluding carboxylic acids is 2. The molecular weight excluding hydrogens is 375 g/mol. The number of para-hydroxylation sites is 2. The van der Waals surface area contributed by atoms with Gasteiger partial charge < -0.3 is 20.1 Å². The molecule has 0 bridgehead atoms. The fourth-order valence-electron chi connectivity index (χ4n) is 2.54. The second-order valence-electron chi connectivity index (χ2n) is 5.92. The van der Waals surface area contributed by atoms with Gasteiger partial charge in [0.25, 0.3) is 5.91 Å². The molecule has 0 saturated carbocycles. The van der Waals surface area contributed by atoms with E-state index in [4.69, 9.17) is 21.1 Å². The molecule has 1 aliphatic rings. The van der Waals surface area contributed by atoms with Gasteiger partial charge in [0.1, 0.15) is 18.3 Å². The molecule has 27 heavy (non-hydrogen) atoms. The number of ether oxygens (including phenoxy) is 2. The lowest BCUT2D eigenvalue weighted by atomic mass is 10.1. The fraction of sp³-hybridized carbons (Fsp3) is 0.263. The van der Waals surface area contributed by atoms with Crippen LogP contribution in [0.3, 0.4) is 0 Å². The number of hydrogen-bond acceptors (Lipinski definition) is 4. The summed E-state index contributed by atoms with van der Waals surface area (Å²) in [7, 11) is 0. The Morgan fingerprint density at radius 1 is 1.11 bits per heavy atom. The average Bonchev–Trinajstić information content (AvgIpc) is 2.70. The van der Waals surface area contributed by atoms with E-state index in [0.29, 0.717) is 22.6 Å². The molecule has 0 fully saturated rings. The molecule has 3 rings (SSSR count). The van der Waals surface area contributed by atoms with Crippen molar-refractivity contribution in [3.05, 3.63) is 59.4 Å². The zero-order valence-electron chi connectivity index (χ0n) is 14.3. The third kappa shape index (κ3) is 4.89. The van der Waals surface area contributed by atoms with Crippen LogP contribution in [0.25, 0.3) is 0 Å². The Kier molecular flexibility index (Phi) is 6.13. The van der Waals surface area contributed by atoms with Gasteiger partial charge in [0.05, 0.1) is 0 Å². The standard InChI is InChI=1S/C19H18ClFN2O4/c20-8-18(24)22-9-12-5-6-13(14(21)7-12)10-23-19(25)17-11-26-15-3-1-2-4-16(15)27-17/h1-7,17H,8-11H2,(H,22,24)(H,23,25). The highest BCUT2D eigenvalue weighted by molar-refractivity contribution is 6.27. The van der Waals surface area contributed by atoms with Crippen LogP contribution in [0, 0.1) is 5.82 Å². The van der Waals surface area contributed by atoms with E-state index in [9.17, 15) is 14.0 Å². The Hall–Kier alpha value is -2.80. The summed E-state index contributed by atoms with van der Waals surface area (Å²) in [5.41, 5.74) is 0.926. The monoisotopic (exact) mass is 392 g/mol. The van der Waals surface area contributed by atoms with E-state index >= 15 is 0 Å². The summed E-state index contributed by atoms with van der Waals surface area (Å²) >= 11 is 5.39. The number of nitrogens with one attached hydrogen (secondary N) is 2. The molecule has 1 unspecified atom stereocenters. The molecule has 1 atom stereocenters. The summed E-state index contributed by atoms with van der Waals surface area (Å²) in [5.74, 6) is -0.252. The van der Waals surface area contributed by atoms with Gasteiger partial charge in [0, 0.05) is 18.7 Å². The first-order valence-corrected chi connectivity index (χ1v) is 8.86. The zero-order valence-corrected chi connectivity index (χ0v) is 15.1. The maximum absolute atomic E-state index is 14.2. The van der Waals surface area contributed by atoms with E-state index in [-0.39, 0.29) is 37.4 Å². The molecule has 6 nitrogen and oxygen atoms in total. The number of fused-ring (bicyclic) bond motifs is 1. The first-order valence-electron chi connectivity index (χ1n) is 8.33. The van der Waals surface area contributed by atoms with Crippen LogP contribution in [-0.4, -0.2) is 30.4 Å². The summed E-state index contributed by atoms with van der Waals surface area (Å²) in [4.78, 5) is 23.4. The van der Waals surface area contributed by atoms with Gasteiger partial charge in [0.2, 0.25) is 12.0 Å². The molecule has 0 aromatic heterocycles. The fourth-order valence-corrected chi connectivity index (χ4v) is 2.63. The van der Waals surface area contributed by atoms with Gasteiger partial charge in [-0.2, -0.15) is 0 Å². The molecule has 2 amide bonds. The van der Waals surface area contributed by atoms with Crippen LogP contribution in [0.4, 0.5) is 4.39 Å². The Morgan fingerprint density at radius 2 is 1.89 bits per heavy atom. The lowest BCUT2D eigenvalue weighted by Gasteiger charge is -2.25. The normalized spacial score (nSPS) is 15.1. The molecule has 0 radical (unpaired) electrons. The third-order valence-electron chi connectivity index (χ3n) is 3.98. The topological polar surface area (TPSA) is 76.7 Å². The minimum Gasteiger partial charge on any atom is -0.485 e. The van der Waals surface area contributed by atoms with Gasteiger partial charge in [-0.05, 0) is 23.8 Å². The Labute approximate surface area is 160 Å². The van der Waals surface area contributed by atoms with Gasteiger partial charge in [-0.3, -0.25) is 9.59 Å². The average molecular weight is 393 g/mol. The van der Waals surface area contributed by atoms with Gasteiger partial charge in [-0.1, -0.05) is 24.3 Å². The van der Waals surface area contributed by atoms with E-state index in [1.54, 1.807) is 30.3 Å². The Bertz CT molecular complexity index is 846. The molecule has 2 N–H and O–H groups in total. The summed E-state index contributed by atoms with van der Waals surface area (Å²) in [6.45, 7) is 0.285. The number of alkyl halides is 1. The van der Waals surface area contributed by atoms with Gasteiger partial charge >= 0.3 is 0 Å². The van der Waals surface area contributed by atoms with E-state index in [1.165, 1.54) is 6.07 Å². The SMILES string of the molecule is O=C(CCl)NCc1ccc(CNC(=O)C2COc3ccccc3O2)c(F)c1. The predicted molar refractivity (Wildman–Crippen MR) is 97.2 cm³/mol. The second kappa shape index (κ2) is 8.73. The zero-order chi connectivity index (χ0) is 19.2. The summed E-state index contributed by atoms with van der Waals surface area (Å²) < 4.78 is 25.3. The minimum atomic E-state index is -0.798. The molecule has 2 aromatic rings. The minimum absolute atomic E-state index is 0.0144. The smallest absolute Gasteiger partial charge is 0.264 e. The van der Waals surface area contributed by atoms with Crippen molar-refractivity contribution in [2.75, 3.05) is 12.5 Å². The highest BCUT2D eigenvalue weighted by Gasteiger charge is 2.27. The van der Waals surface area contributed by atoms with Crippen molar-refractivity contribution in [1.82, 2.24) is 10.6 Å². The molecule has 8 heteroatoms. The Balaban J connectivity index is 1.54. The van der Waals surface area contributed by atoms with Crippen molar-refractivity contribution < 1.29 is 23.5 Å². The summed E-state index contributed by atoms with van der Waals surface area (Å²) in [6, 6.07) is 11.6. The van der Waals surface area contributed by atoms with Crippen LogP contribution in [0.5, 0.6) is 11.5 Å². The first-order chi connectivity index (χ1) is 13.1. The lowest BCUT2D eigenvalue weighted by Crippen LogP contribution is -2.43. The van der Waals surface area contributed by atoms with Crippen LogP contribution in [0.15, 0.2) is 42.5 Å². The number of rotatable bonds is 6. The molecule has 0 spiro atoms. The third-order valence-corrected chi connectivity index (χ3v) is 4.23. The van der Waals surface area contributed by atoms with Gasteiger partial charge in [-0.25, -0.2) is 4.39 Å². The van der Waals surface area contributed by atoms with Crippen LogP contribution < -0.4 is 20.1 Å².